The van der Waals surface area contributed by atoms with Crippen LogP contribution in [0.15, 0.2) is 24.3 Å². The van der Waals surface area contributed by atoms with Crippen molar-refractivity contribution >= 4 is 17.3 Å². The molecule has 0 saturated carbocycles. The summed E-state index contributed by atoms with van der Waals surface area (Å²) in [6.07, 6.45) is 0. The summed E-state index contributed by atoms with van der Waals surface area (Å²) in [5.41, 5.74) is 3.24. The Balaban J connectivity index is 2.35. The molecule has 106 valence electrons. The number of aromatic nitrogens is 2. The van der Waals surface area contributed by atoms with Crippen molar-refractivity contribution in [3.8, 4) is 11.5 Å². The normalized spacial score (nSPS) is 10.0. The van der Waals surface area contributed by atoms with Crippen LogP contribution in [0.3, 0.4) is 0 Å². The summed E-state index contributed by atoms with van der Waals surface area (Å²) in [5.74, 6) is 8.51. The van der Waals surface area contributed by atoms with Gasteiger partial charge in [0.25, 0.3) is 0 Å². The quantitative estimate of drug-likeness (QED) is 0.566. The van der Waals surface area contributed by atoms with Gasteiger partial charge in [0.2, 0.25) is 0 Å². The second-order valence-corrected chi connectivity index (χ2v) is 4.02. The van der Waals surface area contributed by atoms with Crippen molar-refractivity contribution in [3.63, 3.8) is 0 Å². The highest BCUT2D eigenvalue weighted by molar-refractivity contribution is 5.67. The molecule has 1 aromatic carbocycles. The fourth-order valence-electron chi connectivity index (χ4n) is 1.76. The highest BCUT2D eigenvalue weighted by atomic mass is 16.5. The van der Waals surface area contributed by atoms with E-state index >= 15 is 0 Å². The molecule has 0 unspecified atom stereocenters. The van der Waals surface area contributed by atoms with Crippen molar-refractivity contribution in [1.82, 2.24) is 9.97 Å². The number of hydrazine groups is 1. The first kappa shape index (κ1) is 13.9. The Kier molecular flexibility index (Phi) is 4.21. The average Bonchev–Trinajstić information content (AvgIpc) is 2.46. The van der Waals surface area contributed by atoms with E-state index in [0.29, 0.717) is 23.2 Å². The molecular formula is C13H17N5O2. The van der Waals surface area contributed by atoms with Gasteiger partial charge in [0.1, 0.15) is 29.0 Å². The molecule has 1 heterocycles. The van der Waals surface area contributed by atoms with Gasteiger partial charge in [0.15, 0.2) is 0 Å². The van der Waals surface area contributed by atoms with Gasteiger partial charge in [-0.1, -0.05) is 0 Å². The summed E-state index contributed by atoms with van der Waals surface area (Å²) in [6, 6.07) is 7.16. The molecule has 7 heteroatoms. The van der Waals surface area contributed by atoms with Gasteiger partial charge in [-0.15, -0.1) is 0 Å². The molecule has 0 bridgehead atoms. The molecule has 4 N–H and O–H groups in total. The Morgan fingerprint density at radius 2 is 1.80 bits per heavy atom. The van der Waals surface area contributed by atoms with E-state index in [-0.39, 0.29) is 0 Å². The average molecular weight is 275 g/mol. The topological polar surface area (TPSA) is 94.3 Å². The molecule has 0 atom stereocenters. The maximum Gasteiger partial charge on any atom is 0.145 e. The molecule has 0 spiro atoms. The van der Waals surface area contributed by atoms with Crippen LogP contribution in [0, 0.1) is 6.92 Å². The monoisotopic (exact) mass is 275 g/mol. The van der Waals surface area contributed by atoms with Gasteiger partial charge >= 0.3 is 0 Å². The number of nitrogens with two attached hydrogens (primary N) is 1. The van der Waals surface area contributed by atoms with Crippen molar-refractivity contribution in [2.24, 2.45) is 5.84 Å². The van der Waals surface area contributed by atoms with Crippen molar-refractivity contribution < 1.29 is 9.47 Å². The molecule has 0 aliphatic carbocycles. The van der Waals surface area contributed by atoms with Crippen LogP contribution in [0.25, 0.3) is 0 Å². The van der Waals surface area contributed by atoms with Gasteiger partial charge in [-0.3, -0.25) is 0 Å². The standard InChI is InChI=1S/C13H17N5O2/c1-8-15-12(7-13(16-8)18-14)17-10-6-9(19-2)4-5-11(10)20-3/h4-7H,14H2,1-3H3,(H2,15,16,17,18). The first-order valence-electron chi connectivity index (χ1n) is 5.97. The molecule has 0 saturated heterocycles. The molecule has 0 aliphatic heterocycles. The van der Waals surface area contributed by atoms with Crippen LogP contribution in [-0.4, -0.2) is 24.2 Å². The van der Waals surface area contributed by atoms with Crippen LogP contribution in [0.2, 0.25) is 0 Å². The van der Waals surface area contributed by atoms with Gasteiger partial charge in [-0.2, -0.15) is 0 Å². The molecule has 0 radical (unpaired) electrons. The minimum atomic E-state index is 0.530. The van der Waals surface area contributed by atoms with E-state index in [1.807, 2.05) is 18.2 Å². The Morgan fingerprint density at radius 1 is 1.05 bits per heavy atom. The lowest BCUT2D eigenvalue weighted by Gasteiger charge is -2.13. The SMILES string of the molecule is COc1ccc(OC)c(Nc2cc(NN)nc(C)n2)c1. The van der Waals surface area contributed by atoms with Crippen molar-refractivity contribution in [1.29, 1.82) is 0 Å². The summed E-state index contributed by atoms with van der Waals surface area (Å²) in [6.45, 7) is 1.79. The van der Waals surface area contributed by atoms with Gasteiger partial charge < -0.3 is 20.2 Å². The van der Waals surface area contributed by atoms with E-state index < -0.39 is 0 Å². The number of benzene rings is 1. The Labute approximate surface area is 117 Å². The molecule has 1 aromatic heterocycles. The number of aryl methyl sites for hydroxylation is 1. The van der Waals surface area contributed by atoms with E-state index in [2.05, 4.69) is 20.7 Å². The first-order chi connectivity index (χ1) is 9.66. The van der Waals surface area contributed by atoms with Crippen LogP contribution >= 0.6 is 0 Å². The van der Waals surface area contributed by atoms with E-state index in [0.717, 1.165) is 11.4 Å². The number of methoxy groups -OCH3 is 2. The first-order valence-corrected chi connectivity index (χ1v) is 5.97. The summed E-state index contributed by atoms with van der Waals surface area (Å²) < 4.78 is 10.5. The van der Waals surface area contributed by atoms with E-state index in [4.69, 9.17) is 15.3 Å². The van der Waals surface area contributed by atoms with Crippen molar-refractivity contribution in [3.05, 3.63) is 30.1 Å². The van der Waals surface area contributed by atoms with Crippen LogP contribution < -0.4 is 26.1 Å². The van der Waals surface area contributed by atoms with E-state index in [9.17, 15) is 0 Å². The van der Waals surface area contributed by atoms with Crippen LogP contribution in [0.5, 0.6) is 11.5 Å². The zero-order chi connectivity index (χ0) is 14.5. The zero-order valence-electron chi connectivity index (χ0n) is 11.6. The number of hydrogen-bond acceptors (Lipinski definition) is 7. The fraction of sp³-hybridized carbons (Fsp3) is 0.231. The molecule has 2 aromatic rings. The maximum absolute atomic E-state index is 5.37. The number of rotatable bonds is 5. The number of nitrogen functional groups attached to an aromatic ring is 1. The lowest BCUT2D eigenvalue weighted by molar-refractivity contribution is 0.405. The van der Waals surface area contributed by atoms with Gasteiger partial charge in [-0.25, -0.2) is 15.8 Å². The number of ether oxygens (including phenoxy) is 2. The molecule has 0 amide bonds. The molecular weight excluding hydrogens is 258 g/mol. The van der Waals surface area contributed by atoms with Crippen LogP contribution in [0.4, 0.5) is 17.3 Å². The number of nitrogens with zero attached hydrogens (tertiary/aromatic N) is 2. The van der Waals surface area contributed by atoms with E-state index in [1.165, 1.54) is 0 Å². The molecule has 7 nitrogen and oxygen atoms in total. The number of nitrogens with one attached hydrogen (secondary N) is 2. The second-order valence-electron chi connectivity index (χ2n) is 4.02. The molecule has 20 heavy (non-hydrogen) atoms. The lowest BCUT2D eigenvalue weighted by Crippen LogP contribution is -2.10. The molecule has 0 aliphatic rings. The Morgan fingerprint density at radius 3 is 2.45 bits per heavy atom. The fourth-order valence-corrected chi connectivity index (χ4v) is 1.76. The van der Waals surface area contributed by atoms with Gasteiger partial charge in [0, 0.05) is 12.1 Å². The number of hydrogen-bond donors (Lipinski definition) is 3. The van der Waals surface area contributed by atoms with Gasteiger partial charge in [-0.05, 0) is 19.1 Å². The third-order valence-corrected chi connectivity index (χ3v) is 2.66. The lowest BCUT2D eigenvalue weighted by atomic mass is 10.2. The summed E-state index contributed by atoms with van der Waals surface area (Å²) in [7, 11) is 3.21. The summed E-state index contributed by atoms with van der Waals surface area (Å²) in [5, 5.41) is 3.16. The van der Waals surface area contributed by atoms with Crippen molar-refractivity contribution in [2.75, 3.05) is 25.0 Å². The Bertz CT molecular complexity index is 603. The molecule has 0 fully saturated rings. The largest absolute Gasteiger partial charge is 0.497 e. The summed E-state index contributed by atoms with van der Waals surface area (Å²) in [4.78, 5) is 8.42. The van der Waals surface area contributed by atoms with Crippen molar-refractivity contribution in [2.45, 2.75) is 6.92 Å². The third kappa shape index (κ3) is 3.07. The molecule has 2 rings (SSSR count). The van der Waals surface area contributed by atoms with Crippen LogP contribution in [-0.2, 0) is 0 Å². The Hall–Kier alpha value is -2.54. The minimum Gasteiger partial charge on any atom is -0.497 e. The second kappa shape index (κ2) is 6.07. The van der Waals surface area contributed by atoms with Crippen LogP contribution in [0.1, 0.15) is 5.82 Å². The minimum absolute atomic E-state index is 0.530. The summed E-state index contributed by atoms with van der Waals surface area (Å²) >= 11 is 0. The third-order valence-electron chi connectivity index (χ3n) is 2.66. The maximum atomic E-state index is 5.37. The number of anilines is 3. The highest BCUT2D eigenvalue weighted by Gasteiger charge is 2.07. The predicted octanol–water partition coefficient (Wildman–Crippen LogP) is 1.83. The zero-order valence-corrected chi connectivity index (χ0v) is 11.6. The highest BCUT2D eigenvalue weighted by Crippen LogP contribution is 2.31. The van der Waals surface area contributed by atoms with E-state index in [1.54, 1.807) is 27.2 Å². The smallest absolute Gasteiger partial charge is 0.145 e. The van der Waals surface area contributed by atoms with Gasteiger partial charge in [0.05, 0.1) is 19.9 Å². The predicted molar refractivity (Wildman–Crippen MR) is 77.4 cm³/mol.